The van der Waals surface area contributed by atoms with Crippen molar-refractivity contribution in [3.05, 3.63) is 25.4 Å². The van der Waals surface area contributed by atoms with Crippen molar-refractivity contribution in [3.63, 3.8) is 0 Å². The van der Waals surface area contributed by atoms with Crippen molar-refractivity contribution in [2.24, 2.45) is 0 Å². The third kappa shape index (κ3) is 3.10. The van der Waals surface area contributed by atoms with Gasteiger partial charge < -0.3 is 4.98 Å². The average Bonchev–Trinajstić information content (AvgIpc) is 2.84. The topological polar surface area (TPSA) is 45.8 Å². The van der Waals surface area contributed by atoms with Crippen LogP contribution in [0.4, 0.5) is 0 Å². The first-order valence-electron chi connectivity index (χ1n) is 8.05. The van der Waals surface area contributed by atoms with E-state index in [0.717, 1.165) is 15.1 Å². The number of hydrogen-bond donors (Lipinski definition) is 1. The maximum Gasteiger partial charge on any atom is 0.264 e. The standard InChI is InChI=1S/C16H23IN2O/c17-13-14(11-7-5-6-8-11)18-15(19-16(13)20)12-9-3-1-2-4-10-12/h11-12H,1-10H2,(H,18,19,20). The lowest BCUT2D eigenvalue weighted by molar-refractivity contribution is 0.548. The molecule has 0 aliphatic heterocycles. The van der Waals surface area contributed by atoms with E-state index in [1.165, 1.54) is 64.2 Å². The largest absolute Gasteiger partial charge is 0.309 e. The number of halogens is 1. The van der Waals surface area contributed by atoms with Crippen LogP contribution in [0.25, 0.3) is 0 Å². The van der Waals surface area contributed by atoms with Crippen LogP contribution < -0.4 is 5.56 Å². The maximum atomic E-state index is 12.2. The Morgan fingerprint density at radius 1 is 0.900 bits per heavy atom. The Kier molecular flexibility index (Phi) is 4.79. The fourth-order valence-electron chi connectivity index (χ4n) is 3.71. The van der Waals surface area contributed by atoms with Crippen LogP contribution in [-0.2, 0) is 0 Å². The highest BCUT2D eigenvalue weighted by Gasteiger charge is 2.25. The van der Waals surface area contributed by atoms with Crippen LogP contribution in [0.3, 0.4) is 0 Å². The van der Waals surface area contributed by atoms with Gasteiger partial charge in [0.2, 0.25) is 0 Å². The summed E-state index contributed by atoms with van der Waals surface area (Å²) < 4.78 is 0.826. The van der Waals surface area contributed by atoms with E-state index in [4.69, 9.17) is 4.98 Å². The maximum absolute atomic E-state index is 12.2. The van der Waals surface area contributed by atoms with Gasteiger partial charge in [-0.05, 0) is 48.3 Å². The minimum absolute atomic E-state index is 0.0850. The van der Waals surface area contributed by atoms with Gasteiger partial charge in [-0.2, -0.15) is 0 Å². The lowest BCUT2D eigenvalue weighted by Crippen LogP contribution is -2.21. The molecule has 110 valence electrons. The van der Waals surface area contributed by atoms with Crippen molar-refractivity contribution in [2.45, 2.75) is 76.0 Å². The van der Waals surface area contributed by atoms with Gasteiger partial charge in [-0.3, -0.25) is 4.79 Å². The monoisotopic (exact) mass is 386 g/mol. The summed E-state index contributed by atoms with van der Waals surface area (Å²) in [5.74, 6) is 1.97. The molecule has 3 nitrogen and oxygen atoms in total. The molecule has 4 heteroatoms. The lowest BCUT2D eigenvalue weighted by Gasteiger charge is -2.17. The molecule has 20 heavy (non-hydrogen) atoms. The molecule has 0 spiro atoms. The van der Waals surface area contributed by atoms with Crippen LogP contribution in [-0.4, -0.2) is 9.97 Å². The molecule has 0 atom stereocenters. The Hall–Kier alpha value is -0.390. The Labute approximate surface area is 134 Å². The lowest BCUT2D eigenvalue weighted by atomic mass is 9.98. The Balaban J connectivity index is 1.92. The third-order valence-electron chi connectivity index (χ3n) is 4.89. The van der Waals surface area contributed by atoms with Crippen LogP contribution in [0.1, 0.15) is 87.6 Å². The SMILES string of the molecule is O=c1[nH]c(C2CCCCCC2)nc(C2CCCC2)c1I. The Bertz CT molecular complexity index is 512. The second-order valence-electron chi connectivity index (χ2n) is 6.32. The highest BCUT2D eigenvalue weighted by Crippen LogP contribution is 2.36. The van der Waals surface area contributed by atoms with Crippen molar-refractivity contribution in [1.29, 1.82) is 0 Å². The molecule has 0 saturated heterocycles. The van der Waals surface area contributed by atoms with Gasteiger partial charge >= 0.3 is 0 Å². The fourth-order valence-corrected chi connectivity index (χ4v) is 4.41. The van der Waals surface area contributed by atoms with E-state index in [1.54, 1.807) is 0 Å². The summed E-state index contributed by atoms with van der Waals surface area (Å²) in [7, 11) is 0. The highest BCUT2D eigenvalue weighted by molar-refractivity contribution is 14.1. The Morgan fingerprint density at radius 3 is 2.10 bits per heavy atom. The molecule has 2 saturated carbocycles. The zero-order chi connectivity index (χ0) is 13.9. The van der Waals surface area contributed by atoms with Gasteiger partial charge in [0, 0.05) is 11.8 Å². The molecule has 0 unspecified atom stereocenters. The predicted octanol–water partition coefficient (Wildman–Crippen LogP) is 4.47. The van der Waals surface area contributed by atoms with Crippen LogP contribution in [0, 0.1) is 3.57 Å². The summed E-state index contributed by atoms with van der Waals surface area (Å²) in [6.45, 7) is 0. The number of nitrogens with zero attached hydrogens (tertiary/aromatic N) is 1. The minimum atomic E-state index is 0.0850. The molecule has 2 aliphatic rings. The summed E-state index contributed by atoms with van der Waals surface area (Å²) in [6, 6.07) is 0. The number of nitrogens with one attached hydrogen (secondary N) is 1. The van der Waals surface area contributed by atoms with Gasteiger partial charge in [0.1, 0.15) is 5.82 Å². The molecular weight excluding hydrogens is 363 g/mol. The molecule has 1 aromatic rings. The van der Waals surface area contributed by atoms with Gasteiger partial charge in [-0.1, -0.05) is 38.5 Å². The number of hydrogen-bond acceptors (Lipinski definition) is 2. The highest BCUT2D eigenvalue weighted by atomic mass is 127. The summed E-state index contributed by atoms with van der Waals surface area (Å²) in [5.41, 5.74) is 1.17. The van der Waals surface area contributed by atoms with Crippen molar-refractivity contribution in [1.82, 2.24) is 9.97 Å². The van der Waals surface area contributed by atoms with Gasteiger partial charge in [-0.25, -0.2) is 4.98 Å². The van der Waals surface area contributed by atoms with E-state index in [9.17, 15) is 4.79 Å². The van der Waals surface area contributed by atoms with Crippen LogP contribution >= 0.6 is 22.6 Å². The molecule has 0 amide bonds. The first-order chi connectivity index (χ1) is 9.75. The van der Waals surface area contributed by atoms with Crippen LogP contribution in [0.5, 0.6) is 0 Å². The molecule has 0 bridgehead atoms. The van der Waals surface area contributed by atoms with E-state index in [0.29, 0.717) is 11.8 Å². The van der Waals surface area contributed by atoms with E-state index in [1.807, 2.05) is 0 Å². The molecule has 1 heterocycles. The van der Waals surface area contributed by atoms with Gasteiger partial charge in [0.25, 0.3) is 5.56 Å². The number of H-pyrrole nitrogens is 1. The van der Waals surface area contributed by atoms with E-state index < -0.39 is 0 Å². The number of aromatic amines is 1. The summed E-state index contributed by atoms with van der Waals surface area (Å²) in [4.78, 5) is 20.2. The van der Waals surface area contributed by atoms with Gasteiger partial charge in [0.05, 0.1) is 9.26 Å². The predicted molar refractivity (Wildman–Crippen MR) is 89.2 cm³/mol. The molecule has 2 aliphatic carbocycles. The van der Waals surface area contributed by atoms with E-state index >= 15 is 0 Å². The first kappa shape index (κ1) is 14.5. The fraction of sp³-hybridized carbons (Fsp3) is 0.750. The Morgan fingerprint density at radius 2 is 1.45 bits per heavy atom. The quantitative estimate of drug-likeness (QED) is 0.602. The van der Waals surface area contributed by atoms with Crippen molar-refractivity contribution in [3.8, 4) is 0 Å². The molecule has 3 rings (SSSR count). The van der Waals surface area contributed by atoms with E-state index in [2.05, 4.69) is 27.6 Å². The van der Waals surface area contributed by atoms with Gasteiger partial charge in [0.15, 0.2) is 0 Å². The van der Waals surface area contributed by atoms with Crippen molar-refractivity contribution in [2.75, 3.05) is 0 Å². The van der Waals surface area contributed by atoms with E-state index in [-0.39, 0.29) is 5.56 Å². The number of aromatic nitrogens is 2. The molecule has 0 radical (unpaired) electrons. The summed E-state index contributed by atoms with van der Waals surface area (Å²) >= 11 is 2.18. The van der Waals surface area contributed by atoms with Crippen LogP contribution in [0.15, 0.2) is 4.79 Å². The molecule has 1 aromatic heterocycles. The van der Waals surface area contributed by atoms with Crippen molar-refractivity contribution < 1.29 is 0 Å². The number of rotatable bonds is 2. The molecular formula is C16H23IN2O. The molecule has 1 N–H and O–H groups in total. The van der Waals surface area contributed by atoms with Crippen molar-refractivity contribution >= 4 is 22.6 Å². The smallest absolute Gasteiger partial charge is 0.264 e. The summed E-state index contributed by atoms with van der Waals surface area (Å²) in [6.07, 6.45) is 12.6. The minimum Gasteiger partial charge on any atom is -0.309 e. The molecule has 2 fully saturated rings. The van der Waals surface area contributed by atoms with Gasteiger partial charge in [-0.15, -0.1) is 0 Å². The third-order valence-corrected chi connectivity index (χ3v) is 5.93. The zero-order valence-corrected chi connectivity index (χ0v) is 14.1. The second-order valence-corrected chi connectivity index (χ2v) is 7.40. The zero-order valence-electron chi connectivity index (χ0n) is 12.0. The normalized spacial score (nSPS) is 22.1. The molecule has 0 aromatic carbocycles. The first-order valence-corrected chi connectivity index (χ1v) is 9.13. The average molecular weight is 386 g/mol. The second kappa shape index (κ2) is 6.58. The summed E-state index contributed by atoms with van der Waals surface area (Å²) in [5, 5.41) is 0. The van der Waals surface area contributed by atoms with Crippen LogP contribution in [0.2, 0.25) is 0 Å².